The molecule has 0 amide bonds. The molecule has 0 aliphatic heterocycles. The normalized spacial score (nSPS) is 18.5. The number of benzene rings is 1. The molecule has 0 fully saturated rings. The highest BCUT2D eigenvalue weighted by molar-refractivity contribution is 5.66. The van der Waals surface area contributed by atoms with E-state index in [9.17, 15) is 0 Å². The summed E-state index contributed by atoms with van der Waals surface area (Å²) < 4.78 is 5.52. The van der Waals surface area contributed by atoms with Gasteiger partial charge in [-0.25, -0.2) is 0 Å². The molecule has 1 heterocycles. The summed E-state index contributed by atoms with van der Waals surface area (Å²) in [6.45, 7) is 6.55. The summed E-state index contributed by atoms with van der Waals surface area (Å²) in [5, 5.41) is 4.18. The van der Waals surface area contributed by atoms with Crippen LogP contribution in [-0.2, 0) is 0 Å². The first kappa shape index (κ1) is 16.7. The van der Waals surface area contributed by atoms with Gasteiger partial charge in [0.1, 0.15) is 0 Å². The summed E-state index contributed by atoms with van der Waals surface area (Å²) in [7, 11) is 0. The van der Waals surface area contributed by atoms with E-state index in [2.05, 4.69) is 67.3 Å². The van der Waals surface area contributed by atoms with E-state index in [1.54, 1.807) is 0 Å². The summed E-state index contributed by atoms with van der Waals surface area (Å²) in [5.41, 5.74) is 5.05. The van der Waals surface area contributed by atoms with E-state index in [1.807, 2.05) is 0 Å². The lowest BCUT2D eigenvalue weighted by Gasteiger charge is -2.16. The van der Waals surface area contributed by atoms with Gasteiger partial charge in [-0.05, 0) is 50.7 Å². The lowest BCUT2D eigenvalue weighted by molar-refractivity contribution is 0.343. The van der Waals surface area contributed by atoms with E-state index >= 15 is 0 Å². The van der Waals surface area contributed by atoms with Crippen molar-refractivity contribution in [2.24, 2.45) is 0 Å². The van der Waals surface area contributed by atoms with E-state index in [1.165, 1.54) is 23.1 Å². The van der Waals surface area contributed by atoms with Crippen LogP contribution in [0.3, 0.4) is 0 Å². The van der Waals surface area contributed by atoms with Crippen LogP contribution in [0, 0.1) is 0 Å². The van der Waals surface area contributed by atoms with Gasteiger partial charge in [0, 0.05) is 11.5 Å². The zero-order chi connectivity index (χ0) is 16.9. The Bertz CT molecular complexity index is 737. The lowest BCUT2D eigenvalue weighted by Crippen LogP contribution is -2.03. The van der Waals surface area contributed by atoms with Crippen molar-refractivity contribution < 1.29 is 4.52 Å². The van der Waals surface area contributed by atoms with Gasteiger partial charge in [0.2, 0.25) is 11.7 Å². The van der Waals surface area contributed by atoms with Gasteiger partial charge in [-0.15, -0.1) is 0 Å². The first-order chi connectivity index (χ1) is 11.7. The van der Waals surface area contributed by atoms with Crippen LogP contribution >= 0.6 is 0 Å². The molecule has 126 valence electrons. The molecule has 2 aromatic rings. The standard InChI is InChI=1S/C21H26N2O/c1-4-5-6-16(3)17-11-13-18(14-12-17)20-22-21(24-23-20)19-9-7-15(2)8-10-19/h6-7,11-14,19H,4-5,8-10H2,1-3H3/b16-6-/t19-/m0/s1. The van der Waals surface area contributed by atoms with Crippen LogP contribution < -0.4 is 0 Å². The van der Waals surface area contributed by atoms with Crippen LogP contribution in [0.15, 0.2) is 46.5 Å². The third-order valence-electron chi connectivity index (χ3n) is 4.77. The number of nitrogens with zero attached hydrogens (tertiary/aromatic N) is 2. The van der Waals surface area contributed by atoms with E-state index < -0.39 is 0 Å². The molecule has 1 aliphatic carbocycles. The van der Waals surface area contributed by atoms with Crippen molar-refractivity contribution >= 4 is 5.57 Å². The van der Waals surface area contributed by atoms with Crippen LogP contribution in [0.4, 0.5) is 0 Å². The smallest absolute Gasteiger partial charge is 0.230 e. The molecule has 24 heavy (non-hydrogen) atoms. The molecule has 0 bridgehead atoms. The topological polar surface area (TPSA) is 38.9 Å². The highest BCUT2D eigenvalue weighted by Crippen LogP contribution is 2.32. The first-order valence-corrected chi connectivity index (χ1v) is 8.94. The van der Waals surface area contributed by atoms with E-state index in [4.69, 9.17) is 4.52 Å². The molecule has 1 aromatic heterocycles. The Morgan fingerprint density at radius 2 is 2.08 bits per heavy atom. The fraction of sp³-hybridized carbons (Fsp3) is 0.429. The van der Waals surface area contributed by atoms with Crippen molar-refractivity contribution in [3.8, 4) is 11.4 Å². The van der Waals surface area contributed by atoms with E-state index in [0.29, 0.717) is 11.7 Å². The SMILES string of the molecule is CCC/C=C(/C)c1ccc(-c2noc([C@H]3CC=C(C)CC3)n2)cc1. The number of aromatic nitrogens is 2. The summed E-state index contributed by atoms with van der Waals surface area (Å²) >= 11 is 0. The third-order valence-corrected chi connectivity index (χ3v) is 4.77. The van der Waals surface area contributed by atoms with Gasteiger partial charge in [0.25, 0.3) is 0 Å². The van der Waals surface area contributed by atoms with Gasteiger partial charge in [-0.3, -0.25) is 0 Å². The number of hydrogen-bond donors (Lipinski definition) is 0. The molecule has 1 aromatic carbocycles. The Labute approximate surface area is 144 Å². The lowest BCUT2D eigenvalue weighted by atomic mass is 9.90. The Morgan fingerprint density at radius 3 is 2.75 bits per heavy atom. The molecule has 0 unspecified atom stereocenters. The Balaban J connectivity index is 1.73. The molecule has 1 atom stereocenters. The molecule has 3 rings (SSSR count). The summed E-state index contributed by atoms with van der Waals surface area (Å²) in [4.78, 5) is 4.63. The molecule has 0 N–H and O–H groups in total. The molecular weight excluding hydrogens is 296 g/mol. The molecule has 0 saturated heterocycles. The minimum Gasteiger partial charge on any atom is -0.339 e. The minimum atomic E-state index is 0.369. The predicted molar refractivity (Wildman–Crippen MR) is 98.6 cm³/mol. The zero-order valence-electron chi connectivity index (χ0n) is 14.9. The Morgan fingerprint density at radius 1 is 1.29 bits per heavy atom. The predicted octanol–water partition coefficient (Wildman–Crippen LogP) is 6.15. The second-order valence-corrected chi connectivity index (χ2v) is 6.73. The van der Waals surface area contributed by atoms with Crippen LogP contribution in [0.2, 0.25) is 0 Å². The van der Waals surface area contributed by atoms with Crippen LogP contribution in [0.25, 0.3) is 17.0 Å². The maximum Gasteiger partial charge on any atom is 0.230 e. The zero-order valence-corrected chi connectivity index (χ0v) is 14.9. The van der Waals surface area contributed by atoms with Crippen LogP contribution in [-0.4, -0.2) is 10.1 Å². The van der Waals surface area contributed by atoms with Gasteiger partial charge < -0.3 is 4.52 Å². The molecular formula is C21H26N2O. The van der Waals surface area contributed by atoms with Crippen molar-refractivity contribution in [3.05, 3.63) is 53.4 Å². The molecule has 0 spiro atoms. The van der Waals surface area contributed by atoms with E-state index in [-0.39, 0.29) is 0 Å². The highest BCUT2D eigenvalue weighted by Gasteiger charge is 2.21. The van der Waals surface area contributed by atoms with Gasteiger partial charge in [0.15, 0.2) is 0 Å². The molecule has 1 aliphatic rings. The second-order valence-electron chi connectivity index (χ2n) is 6.73. The maximum atomic E-state index is 5.52. The van der Waals surface area contributed by atoms with Crippen molar-refractivity contribution in [2.45, 2.75) is 58.8 Å². The van der Waals surface area contributed by atoms with Gasteiger partial charge in [-0.1, -0.05) is 60.5 Å². The third kappa shape index (κ3) is 3.84. The van der Waals surface area contributed by atoms with Gasteiger partial charge in [0.05, 0.1) is 0 Å². The second kappa shape index (κ2) is 7.61. The number of allylic oxidation sites excluding steroid dienone is 4. The molecule has 0 saturated carbocycles. The van der Waals surface area contributed by atoms with Crippen molar-refractivity contribution in [2.75, 3.05) is 0 Å². The minimum absolute atomic E-state index is 0.369. The largest absolute Gasteiger partial charge is 0.339 e. The number of hydrogen-bond acceptors (Lipinski definition) is 3. The molecule has 3 heteroatoms. The van der Waals surface area contributed by atoms with Gasteiger partial charge >= 0.3 is 0 Å². The summed E-state index contributed by atoms with van der Waals surface area (Å²) in [6, 6.07) is 8.44. The monoisotopic (exact) mass is 322 g/mol. The summed E-state index contributed by atoms with van der Waals surface area (Å²) in [6.07, 6.45) is 10.1. The van der Waals surface area contributed by atoms with Crippen molar-refractivity contribution in [1.82, 2.24) is 10.1 Å². The molecule has 3 nitrogen and oxygen atoms in total. The number of rotatable bonds is 5. The Hall–Kier alpha value is -2.16. The maximum absolute atomic E-state index is 5.52. The summed E-state index contributed by atoms with van der Waals surface area (Å²) in [5.74, 6) is 1.84. The average Bonchev–Trinajstić information content (AvgIpc) is 3.10. The fourth-order valence-electron chi connectivity index (χ4n) is 3.07. The highest BCUT2D eigenvalue weighted by atomic mass is 16.5. The Kier molecular flexibility index (Phi) is 5.29. The molecule has 0 radical (unpaired) electrons. The van der Waals surface area contributed by atoms with Gasteiger partial charge in [-0.2, -0.15) is 4.98 Å². The fourth-order valence-corrected chi connectivity index (χ4v) is 3.07. The van der Waals surface area contributed by atoms with Crippen molar-refractivity contribution in [3.63, 3.8) is 0 Å². The van der Waals surface area contributed by atoms with Crippen LogP contribution in [0.1, 0.15) is 70.2 Å². The van der Waals surface area contributed by atoms with Crippen molar-refractivity contribution in [1.29, 1.82) is 0 Å². The quantitative estimate of drug-likeness (QED) is 0.619. The number of unbranched alkanes of at least 4 members (excludes halogenated alkanes) is 1. The average molecular weight is 322 g/mol. The first-order valence-electron chi connectivity index (χ1n) is 8.94. The van der Waals surface area contributed by atoms with E-state index in [0.717, 1.165) is 37.1 Å². The van der Waals surface area contributed by atoms with Crippen LogP contribution in [0.5, 0.6) is 0 Å².